The van der Waals surface area contributed by atoms with Gasteiger partial charge in [-0.2, -0.15) is 0 Å². The predicted molar refractivity (Wildman–Crippen MR) is 150 cm³/mol. The Balaban J connectivity index is 1.61. The first-order chi connectivity index (χ1) is 18.7. The van der Waals surface area contributed by atoms with Gasteiger partial charge in [0, 0.05) is 30.9 Å². The minimum absolute atomic E-state index is 0.00120. The summed E-state index contributed by atoms with van der Waals surface area (Å²) in [5.41, 5.74) is 2.49. The summed E-state index contributed by atoms with van der Waals surface area (Å²) in [6, 6.07) is 20.6. The van der Waals surface area contributed by atoms with Crippen molar-refractivity contribution >= 4 is 34.0 Å². The van der Waals surface area contributed by atoms with Gasteiger partial charge in [-0.1, -0.05) is 24.3 Å². The second-order valence-electron chi connectivity index (χ2n) is 9.80. The Morgan fingerprint density at radius 3 is 2.33 bits per heavy atom. The molecule has 3 aromatic carbocycles. The molecular weight excluding hydrogens is 496 g/mol. The van der Waals surface area contributed by atoms with Gasteiger partial charge < -0.3 is 23.9 Å². The lowest BCUT2D eigenvalue weighted by Crippen LogP contribution is -2.31. The van der Waals surface area contributed by atoms with Crippen LogP contribution in [0, 0.1) is 0 Å². The molecule has 5 rings (SSSR count). The maximum Gasteiger partial charge on any atom is 0.294 e. The van der Waals surface area contributed by atoms with E-state index in [-0.39, 0.29) is 17.4 Å². The quantitative estimate of drug-likeness (QED) is 0.278. The van der Waals surface area contributed by atoms with Crippen molar-refractivity contribution in [2.45, 2.75) is 26.0 Å². The van der Waals surface area contributed by atoms with Gasteiger partial charge in [0.05, 0.1) is 24.8 Å². The van der Waals surface area contributed by atoms with Crippen molar-refractivity contribution in [3.05, 3.63) is 95.5 Å². The van der Waals surface area contributed by atoms with Gasteiger partial charge in [0.25, 0.3) is 5.91 Å². The number of ether oxygens (including phenoxy) is 2. The molecule has 0 saturated carbocycles. The van der Waals surface area contributed by atoms with Crippen molar-refractivity contribution in [3.8, 4) is 11.5 Å². The molecule has 1 N–H and O–H groups in total. The van der Waals surface area contributed by atoms with Crippen molar-refractivity contribution in [2.75, 3.05) is 31.0 Å². The van der Waals surface area contributed by atoms with Gasteiger partial charge in [0.2, 0.25) is 5.78 Å². The number of aliphatic hydroxyl groups excluding tert-OH is 1. The van der Waals surface area contributed by atoms with E-state index in [2.05, 4.69) is 0 Å². The zero-order valence-electron chi connectivity index (χ0n) is 22.5. The van der Waals surface area contributed by atoms with Crippen LogP contribution in [0.2, 0.25) is 0 Å². The molecule has 1 unspecified atom stereocenters. The Hall–Kier alpha value is -4.72. The normalized spacial score (nSPS) is 15.4. The average molecular weight is 527 g/mol. The lowest BCUT2D eigenvalue weighted by Gasteiger charge is -2.27. The van der Waals surface area contributed by atoms with Gasteiger partial charge in [0.1, 0.15) is 5.75 Å². The van der Waals surface area contributed by atoms with E-state index >= 15 is 0 Å². The highest BCUT2D eigenvalue weighted by Gasteiger charge is 2.45. The maximum atomic E-state index is 13.9. The number of nitrogens with zero attached hydrogens (tertiary/aromatic N) is 2. The summed E-state index contributed by atoms with van der Waals surface area (Å²) in [7, 11) is 5.38. The van der Waals surface area contributed by atoms with Crippen LogP contribution in [0.25, 0.3) is 11.0 Å². The molecule has 8 heteroatoms. The van der Waals surface area contributed by atoms with Gasteiger partial charge in [-0.3, -0.25) is 14.5 Å². The number of amides is 1. The van der Waals surface area contributed by atoms with Crippen LogP contribution in [0.5, 0.6) is 11.5 Å². The number of fused-ring (bicyclic) bond motifs is 1. The Kier molecular flexibility index (Phi) is 6.78. The SMILES string of the molecule is COc1cccc2cc(C(=O)C3=C(O)C(=O)N(c4ccc(OC(C)C)cc4)C3c3ccc(N(C)C)cc3)oc12. The third-order valence-corrected chi connectivity index (χ3v) is 6.62. The number of methoxy groups -OCH3 is 1. The molecule has 2 heterocycles. The summed E-state index contributed by atoms with van der Waals surface area (Å²) in [4.78, 5) is 30.8. The number of carbonyl (C=O) groups excluding carboxylic acids is 2. The van der Waals surface area contributed by atoms with Crippen LogP contribution in [-0.2, 0) is 4.79 Å². The molecule has 0 spiro atoms. The Bertz CT molecular complexity index is 1570. The summed E-state index contributed by atoms with van der Waals surface area (Å²) < 4.78 is 17.0. The molecule has 0 saturated heterocycles. The monoisotopic (exact) mass is 526 g/mol. The summed E-state index contributed by atoms with van der Waals surface area (Å²) in [5.74, 6) is -0.738. The van der Waals surface area contributed by atoms with Gasteiger partial charge >= 0.3 is 0 Å². The highest BCUT2D eigenvalue weighted by Crippen LogP contribution is 2.43. The van der Waals surface area contributed by atoms with Crippen LogP contribution in [0.4, 0.5) is 11.4 Å². The van der Waals surface area contributed by atoms with Crippen LogP contribution in [0.1, 0.15) is 36.0 Å². The van der Waals surface area contributed by atoms with Gasteiger partial charge in [-0.15, -0.1) is 0 Å². The molecule has 0 radical (unpaired) electrons. The average Bonchev–Trinajstić information content (AvgIpc) is 3.47. The highest BCUT2D eigenvalue weighted by atomic mass is 16.5. The number of hydrogen-bond donors (Lipinski definition) is 1. The molecule has 0 aliphatic carbocycles. The molecule has 8 nitrogen and oxygen atoms in total. The van der Waals surface area contributed by atoms with Crippen molar-refractivity contribution < 1.29 is 28.6 Å². The second-order valence-corrected chi connectivity index (χ2v) is 9.80. The summed E-state index contributed by atoms with van der Waals surface area (Å²) in [6.45, 7) is 3.86. The molecule has 0 fully saturated rings. The molecule has 1 aromatic heterocycles. The van der Waals surface area contributed by atoms with E-state index in [1.165, 1.54) is 12.0 Å². The number of aliphatic hydroxyl groups is 1. The third-order valence-electron chi connectivity index (χ3n) is 6.62. The van der Waals surface area contributed by atoms with Crippen LogP contribution >= 0.6 is 0 Å². The van der Waals surface area contributed by atoms with Gasteiger partial charge in [-0.25, -0.2) is 0 Å². The van der Waals surface area contributed by atoms with E-state index < -0.39 is 23.5 Å². The number of anilines is 2. The molecule has 4 aromatic rings. The first kappa shape index (κ1) is 25.9. The van der Waals surface area contributed by atoms with E-state index in [1.807, 2.05) is 57.1 Å². The summed E-state index contributed by atoms with van der Waals surface area (Å²) in [6.07, 6.45) is -0.00963. The largest absolute Gasteiger partial charge is 0.503 e. The summed E-state index contributed by atoms with van der Waals surface area (Å²) >= 11 is 0. The van der Waals surface area contributed by atoms with Gasteiger partial charge in [-0.05, 0) is 67.9 Å². The zero-order chi connectivity index (χ0) is 27.8. The minimum atomic E-state index is -0.881. The third kappa shape index (κ3) is 4.69. The van der Waals surface area contributed by atoms with E-state index in [4.69, 9.17) is 13.9 Å². The minimum Gasteiger partial charge on any atom is -0.503 e. The number of para-hydroxylation sites is 1. The van der Waals surface area contributed by atoms with Crippen molar-refractivity contribution in [3.63, 3.8) is 0 Å². The van der Waals surface area contributed by atoms with Crippen LogP contribution in [0.3, 0.4) is 0 Å². The van der Waals surface area contributed by atoms with E-state index in [9.17, 15) is 14.7 Å². The first-order valence-corrected chi connectivity index (χ1v) is 12.6. The number of Topliss-reactive ketones (excluding diaryl/α,β-unsaturated/α-hetero) is 1. The molecule has 39 heavy (non-hydrogen) atoms. The Labute approximate surface area is 226 Å². The lowest BCUT2D eigenvalue weighted by atomic mass is 9.94. The molecule has 1 amide bonds. The number of rotatable bonds is 8. The van der Waals surface area contributed by atoms with E-state index in [1.54, 1.807) is 48.5 Å². The molecular formula is C31H30N2O6. The van der Waals surface area contributed by atoms with Crippen molar-refractivity contribution in [1.29, 1.82) is 0 Å². The molecule has 1 aliphatic heterocycles. The fourth-order valence-corrected chi connectivity index (χ4v) is 4.77. The first-order valence-electron chi connectivity index (χ1n) is 12.6. The molecule has 1 atom stereocenters. The number of furan rings is 1. The fourth-order valence-electron chi connectivity index (χ4n) is 4.77. The van der Waals surface area contributed by atoms with Crippen LogP contribution in [0.15, 0.2) is 88.5 Å². The maximum absolute atomic E-state index is 13.9. The van der Waals surface area contributed by atoms with E-state index in [0.29, 0.717) is 33.7 Å². The second kappa shape index (κ2) is 10.2. The Morgan fingerprint density at radius 1 is 1.03 bits per heavy atom. The van der Waals surface area contributed by atoms with Gasteiger partial charge in [0.15, 0.2) is 22.9 Å². The molecule has 1 aliphatic rings. The summed E-state index contributed by atoms with van der Waals surface area (Å²) in [5, 5.41) is 11.8. The lowest BCUT2D eigenvalue weighted by molar-refractivity contribution is -0.117. The van der Waals surface area contributed by atoms with Crippen molar-refractivity contribution in [1.82, 2.24) is 0 Å². The number of carbonyl (C=O) groups is 2. The number of hydrogen-bond acceptors (Lipinski definition) is 7. The van der Waals surface area contributed by atoms with Crippen LogP contribution < -0.4 is 19.3 Å². The molecule has 200 valence electrons. The van der Waals surface area contributed by atoms with Crippen LogP contribution in [-0.4, -0.2) is 44.1 Å². The number of ketones is 1. The standard InChI is InChI=1S/C31H30N2O6/c1-18(2)38-23-15-13-22(14-16-23)33-27(19-9-11-21(12-10-19)32(3)4)26(29(35)31(33)36)28(34)25-17-20-7-6-8-24(37-5)30(20)39-25/h6-18,27,35H,1-5H3. The molecule has 0 bridgehead atoms. The highest BCUT2D eigenvalue weighted by molar-refractivity contribution is 6.20. The fraction of sp³-hybridized carbons (Fsp3) is 0.226. The smallest absolute Gasteiger partial charge is 0.294 e. The van der Waals surface area contributed by atoms with Crippen molar-refractivity contribution in [2.24, 2.45) is 0 Å². The van der Waals surface area contributed by atoms with E-state index in [0.717, 1.165) is 5.69 Å². The number of benzene rings is 3. The Morgan fingerprint density at radius 2 is 1.72 bits per heavy atom. The topological polar surface area (TPSA) is 92.5 Å². The predicted octanol–water partition coefficient (Wildman–Crippen LogP) is 6.08. The zero-order valence-corrected chi connectivity index (χ0v) is 22.5.